The summed E-state index contributed by atoms with van der Waals surface area (Å²) in [4.78, 5) is 19.4. The Labute approximate surface area is 174 Å². The lowest BCUT2D eigenvalue weighted by molar-refractivity contribution is 0.102. The van der Waals surface area contributed by atoms with Gasteiger partial charge in [-0.3, -0.25) is 4.79 Å². The molecule has 0 aliphatic carbocycles. The number of fused-ring (bicyclic) bond motifs is 1. The molecule has 2 unspecified atom stereocenters. The van der Waals surface area contributed by atoms with E-state index in [-0.39, 0.29) is 11.7 Å². The Balaban J connectivity index is 1.58. The summed E-state index contributed by atoms with van der Waals surface area (Å²) in [6, 6.07) is 7.20. The molecule has 2 atom stereocenters. The summed E-state index contributed by atoms with van der Waals surface area (Å²) in [6.07, 6.45) is 3.45. The van der Waals surface area contributed by atoms with Crippen LogP contribution in [0.1, 0.15) is 29.9 Å². The van der Waals surface area contributed by atoms with E-state index in [1.165, 1.54) is 13.2 Å². The smallest absolute Gasteiger partial charge is 0.261 e. The molecule has 3 heterocycles. The quantitative estimate of drug-likeness (QED) is 0.690. The highest BCUT2D eigenvalue weighted by atomic mass is 19.1. The van der Waals surface area contributed by atoms with Crippen molar-refractivity contribution in [1.29, 1.82) is 0 Å². The molecule has 2 aromatic heterocycles. The lowest BCUT2D eigenvalue weighted by atomic mass is 10.1. The van der Waals surface area contributed by atoms with Gasteiger partial charge in [0.1, 0.15) is 17.2 Å². The van der Waals surface area contributed by atoms with Crippen LogP contribution >= 0.6 is 0 Å². The summed E-state index contributed by atoms with van der Waals surface area (Å²) in [5.74, 6) is -0.542. The van der Waals surface area contributed by atoms with Crippen molar-refractivity contribution in [3.8, 4) is 5.75 Å². The average molecular weight is 411 g/mol. The van der Waals surface area contributed by atoms with Crippen molar-refractivity contribution in [2.75, 3.05) is 30.4 Å². The molecule has 1 fully saturated rings. The number of carbonyl (C=O) groups is 1. The molecule has 0 radical (unpaired) electrons. The minimum atomic E-state index is -0.474. The number of piperazine rings is 1. The van der Waals surface area contributed by atoms with Crippen LogP contribution in [0, 0.1) is 12.7 Å². The van der Waals surface area contributed by atoms with Crippen molar-refractivity contribution in [2.45, 2.75) is 32.9 Å². The maximum atomic E-state index is 14.8. The molecular formula is C22H26FN5O2. The predicted octanol–water partition coefficient (Wildman–Crippen LogP) is 3.23. The minimum absolute atomic E-state index is 0.128. The molecule has 1 aromatic carbocycles. The fourth-order valence-electron chi connectivity index (χ4n) is 3.84. The van der Waals surface area contributed by atoms with E-state index in [1.807, 2.05) is 19.2 Å². The Morgan fingerprint density at radius 1 is 1.30 bits per heavy atom. The van der Waals surface area contributed by atoms with Gasteiger partial charge >= 0.3 is 0 Å². The molecule has 0 saturated carbocycles. The number of rotatable bonds is 4. The second kappa shape index (κ2) is 7.95. The van der Waals surface area contributed by atoms with Crippen LogP contribution < -0.4 is 20.3 Å². The fraction of sp³-hybridized carbons (Fsp3) is 0.364. The van der Waals surface area contributed by atoms with Crippen LogP contribution in [0.5, 0.6) is 5.75 Å². The Morgan fingerprint density at radius 2 is 2.10 bits per heavy atom. The number of methoxy groups -OCH3 is 1. The Morgan fingerprint density at radius 3 is 2.83 bits per heavy atom. The van der Waals surface area contributed by atoms with Crippen LogP contribution in [0.15, 0.2) is 36.7 Å². The van der Waals surface area contributed by atoms with Gasteiger partial charge in [-0.15, -0.1) is 0 Å². The van der Waals surface area contributed by atoms with Crippen molar-refractivity contribution in [1.82, 2.24) is 14.7 Å². The number of aromatic nitrogens is 2. The monoisotopic (exact) mass is 411 g/mol. The number of nitrogens with zero attached hydrogens (tertiary/aromatic N) is 3. The van der Waals surface area contributed by atoms with Crippen LogP contribution in [0.4, 0.5) is 15.8 Å². The molecular weight excluding hydrogens is 385 g/mol. The van der Waals surface area contributed by atoms with Gasteiger partial charge in [-0.2, -0.15) is 0 Å². The predicted molar refractivity (Wildman–Crippen MR) is 115 cm³/mol. The van der Waals surface area contributed by atoms with E-state index >= 15 is 0 Å². The topological polar surface area (TPSA) is 70.9 Å². The van der Waals surface area contributed by atoms with Crippen LogP contribution in [-0.2, 0) is 0 Å². The first-order valence-electron chi connectivity index (χ1n) is 10.00. The molecule has 7 nitrogen and oxygen atoms in total. The standard InChI is InChI=1S/C22H26FN5O2/c1-13-11-28(15(3)9-24-13)16-5-6-19(18(23)7-16)26-22(29)17-12-27-10-14(2)25-21(27)8-20(17)30-4/h5-8,10,12-13,15,24H,9,11H2,1-4H3,(H,26,29). The summed E-state index contributed by atoms with van der Waals surface area (Å²) >= 11 is 0. The van der Waals surface area contributed by atoms with E-state index in [9.17, 15) is 9.18 Å². The van der Waals surface area contributed by atoms with Crippen molar-refractivity contribution in [3.05, 3.63) is 53.7 Å². The number of aryl methyl sites for hydroxylation is 1. The average Bonchev–Trinajstić information content (AvgIpc) is 3.09. The highest BCUT2D eigenvalue weighted by molar-refractivity contribution is 6.06. The van der Waals surface area contributed by atoms with Crippen molar-refractivity contribution in [3.63, 3.8) is 0 Å². The van der Waals surface area contributed by atoms with Gasteiger partial charge in [-0.1, -0.05) is 0 Å². The molecule has 4 rings (SSSR count). The number of imidazole rings is 1. The maximum absolute atomic E-state index is 14.8. The number of hydrogen-bond donors (Lipinski definition) is 2. The summed E-state index contributed by atoms with van der Waals surface area (Å²) in [6.45, 7) is 7.73. The normalized spacial score (nSPS) is 19.2. The highest BCUT2D eigenvalue weighted by Crippen LogP contribution is 2.27. The number of pyridine rings is 1. The Hall–Kier alpha value is -3.13. The first kappa shape index (κ1) is 20.2. The number of halogens is 1. The van der Waals surface area contributed by atoms with Crippen LogP contribution in [0.3, 0.4) is 0 Å². The number of hydrogen-bond acceptors (Lipinski definition) is 5. The van der Waals surface area contributed by atoms with Crippen LogP contribution in [0.25, 0.3) is 5.65 Å². The summed E-state index contributed by atoms with van der Waals surface area (Å²) in [5, 5.41) is 6.08. The van der Waals surface area contributed by atoms with E-state index in [0.29, 0.717) is 23.0 Å². The van der Waals surface area contributed by atoms with E-state index in [1.54, 1.807) is 22.7 Å². The van der Waals surface area contributed by atoms with Gasteiger partial charge in [-0.25, -0.2) is 9.37 Å². The lowest BCUT2D eigenvalue weighted by Gasteiger charge is -2.39. The number of ether oxygens (including phenoxy) is 1. The molecule has 3 aromatic rings. The number of nitrogens with one attached hydrogen (secondary N) is 2. The lowest BCUT2D eigenvalue weighted by Crippen LogP contribution is -2.54. The van der Waals surface area contributed by atoms with Gasteiger partial charge in [0.05, 0.1) is 24.1 Å². The van der Waals surface area contributed by atoms with Gasteiger partial charge in [0.15, 0.2) is 0 Å². The zero-order valence-corrected chi connectivity index (χ0v) is 17.6. The third-order valence-corrected chi connectivity index (χ3v) is 5.44. The number of carbonyl (C=O) groups excluding carboxylic acids is 1. The first-order valence-corrected chi connectivity index (χ1v) is 10.00. The molecule has 1 aliphatic rings. The number of benzene rings is 1. The van der Waals surface area contributed by atoms with Crippen LogP contribution in [0.2, 0.25) is 0 Å². The van der Waals surface area contributed by atoms with E-state index in [4.69, 9.17) is 4.74 Å². The van der Waals surface area contributed by atoms with E-state index < -0.39 is 11.7 Å². The zero-order valence-electron chi connectivity index (χ0n) is 17.6. The van der Waals surface area contributed by atoms with Crippen molar-refractivity contribution < 1.29 is 13.9 Å². The largest absolute Gasteiger partial charge is 0.496 e. The van der Waals surface area contributed by atoms with Gasteiger partial charge in [0, 0.05) is 49.3 Å². The molecule has 158 valence electrons. The molecule has 30 heavy (non-hydrogen) atoms. The molecule has 2 N–H and O–H groups in total. The van der Waals surface area contributed by atoms with Crippen molar-refractivity contribution in [2.24, 2.45) is 0 Å². The number of anilines is 2. The van der Waals surface area contributed by atoms with E-state index in [2.05, 4.69) is 34.4 Å². The van der Waals surface area contributed by atoms with Crippen LogP contribution in [-0.4, -0.2) is 47.6 Å². The fourth-order valence-corrected chi connectivity index (χ4v) is 3.84. The zero-order chi connectivity index (χ0) is 21.4. The molecule has 1 saturated heterocycles. The van der Waals surface area contributed by atoms with Gasteiger partial charge in [-0.05, 0) is 39.0 Å². The third-order valence-electron chi connectivity index (χ3n) is 5.44. The molecule has 0 spiro atoms. The maximum Gasteiger partial charge on any atom is 0.261 e. The molecule has 1 amide bonds. The SMILES string of the molecule is COc1cc2nc(C)cn2cc1C(=O)Nc1ccc(N2CC(C)NCC2C)cc1F. The Kier molecular flexibility index (Phi) is 5.34. The first-order chi connectivity index (χ1) is 14.4. The highest BCUT2D eigenvalue weighted by Gasteiger charge is 2.24. The summed E-state index contributed by atoms with van der Waals surface area (Å²) in [7, 11) is 1.49. The van der Waals surface area contributed by atoms with Crippen molar-refractivity contribution >= 4 is 22.9 Å². The molecule has 0 bridgehead atoms. The minimum Gasteiger partial charge on any atom is -0.496 e. The molecule has 1 aliphatic heterocycles. The summed E-state index contributed by atoms with van der Waals surface area (Å²) in [5.41, 5.74) is 2.74. The third kappa shape index (κ3) is 3.82. The van der Waals surface area contributed by atoms with Gasteiger partial charge in [0.25, 0.3) is 5.91 Å². The number of amides is 1. The van der Waals surface area contributed by atoms with E-state index in [0.717, 1.165) is 24.5 Å². The summed E-state index contributed by atoms with van der Waals surface area (Å²) < 4.78 is 21.9. The van der Waals surface area contributed by atoms with Gasteiger partial charge < -0.3 is 24.7 Å². The van der Waals surface area contributed by atoms with Gasteiger partial charge in [0.2, 0.25) is 0 Å². The Bertz CT molecular complexity index is 1100. The second-order valence-electron chi connectivity index (χ2n) is 7.83. The second-order valence-corrected chi connectivity index (χ2v) is 7.83. The molecule has 8 heteroatoms.